The number of nitrogens with zero attached hydrogens (tertiary/aromatic N) is 2. The van der Waals surface area contributed by atoms with Crippen LogP contribution >= 0.6 is 11.8 Å². The topological polar surface area (TPSA) is 70.7 Å². The van der Waals surface area contributed by atoms with Crippen molar-refractivity contribution < 1.29 is 4.79 Å². The smallest absolute Gasteiger partial charge is 0.235 e. The Morgan fingerprint density at radius 1 is 1.29 bits per heavy atom. The quantitative estimate of drug-likeness (QED) is 0.766. The van der Waals surface area contributed by atoms with Crippen LogP contribution in [0.25, 0.3) is 0 Å². The number of thioether (sulfide) groups is 1. The number of piperidine rings is 1. The van der Waals surface area contributed by atoms with Crippen molar-refractivity contribution in [1.29, 1.82) is 0 Å². The molecule has 1 amide bonds. The zero-order valence-corrected chi connectivity index (χ0v) is 14.9. The molecule has 2 fully saturated rings. The SMILES string of the molecule is C=C(/C=C\C(=C/N)C1=N[C@@H]2CCCNC(=O)C2S1)N1CCCCC1. The van der Waals surface area contributed by atoms with Crippen molar-refractivity contribution in [2.24, 2.45) is 10.7 Å². The number of aliphatic imine (C=N–C) groups is 1. The van der Waals surface area contributed by atoms with Gasteiger partial charge in [-0.25, -0.2) is 0 Å². The van der Waals surface area contributed by atoms with Crippen LogP contribution in [0.1, 0.15) is 32.1 Å². The minimum absolute atomic E-state index is 0.0705. The monoisotopic (exact) mass is 346 g/mol. The summed E-state index contributed by atoms with van der Waals surface area (Å²) in [5.74, 6) is 0.0966. The van der Waals surface area contributed by atoms with Crippen LogP contribution in [0.15, 0.2) is 41.2 Å². The predicted molar refractivity (Wildman–Crippen MR) is 101 cm³/mol. The van der Waals surface area contributed by atoms with E-state index in [1.165, 1.54) is 31.0 Å². The van der Waals surface area contributed by atoms with E-state index in [9.17, 15) is 4.79 Å². The van der Waals surface area contributed by atoms with Gasteiger partial charge in [-0.05, 0) is 44.3 Å². The lowest BCUT2D eigenvalue weighted by Crippen LogP contribution is -2.34. The first kappa shape index (κ1) is 17.1. The van der Waals surface area contributed by atoms with E-state index in [2.05, 4.69) is 16.8 Å². The number of allylic oxidation sites excluding steroid dienone is 2. The molecule has 0 saturated carbocycles. The molecule has 3 heterocycles. The van der Waals surface area contributed by atoms with Crippen LogP contribution in [0.5, 0.6) is 0 Å². The van der Waals surface area contributed by atoms with E-state index in [4.69, 9.17) is 10.7 Å². The van der Waals surface area contributed by atoms with E-state index in [0.29, 0.717) is 0 Å². The Balaban J connectivity index is 1.66. The fourth-order valence-corrected chi connectivity index (χ4v) is 4.58. The standard InChI is InChI=1S/C18H26N4OS/c1-13(22-10-3-2-4-11-22)7-8-14(12-19)18-21-15-6-5-9-20-17(23)16(15)24-18/h7-8,12,15-16H,1-6,9-11,19H2,(H,20,23)/b8-7-,14-12+/t15-,16?/m1/s1. The molecule has 3 aliphatic heterocycles. The molecule has 0 aromatic carbocycles. The fraction of sp³-hybridized carbons (Fsp3) is 0.556. The summed E-state index contributed by atoms with van der Waals surface area (Å²) in [7, 11) is 0. The summed E-state index contributed by atoms with van der Waals surface area (Å²) < 4.78 is 0. The van der Waals surface area contributed by atoms with Crippen LogP contribution in [0.3, 0.4) is 0 Å². The normalized spacial score (nSPS) is 28.3. The van der Waals surface area contributed by atoms with Gasteiger partial charge in [0, 0.05) is 37.1 Å². The van der Waals surface area contributed by atoms with E-state index in [0.717, 1.165) is 48.8 Å². The van der Waals surface area contributed by atoms with Gasteiger partial charge in [-0.3, -0.25) is 9.79 Å². The molecule has 3 rings (SSSR count). The Bertz CT molecular complexity index is 590. The van der Waals surface area contributed by atoms with Crippen molar-refractivity contribution in [2.45, 2.75) is 43.4 Å². The Morgan fingerprint density at radius 3 is 2.83 bits per heavy atom. The molecule has 0 bridgehead atoms. The van der Waals surface area contributed by atoms with Gasteiger partial charge >= 0.3 is 0 Å². The van der Waals surface area contributed by atoms with Gasteiger partial charge in [-0.15, -0.1) is 0 Å². The lowest BCUT2D eigenvalue weighted by molar-refractivity contribution is -0.120. The van der Waals surface area contributed by atoms with Gasteiger partial charge in [0.1, 0.15) is 10.3 Å². The first-order valence-electron chi connectivity index (χ1n) is 8.75. The summed E-state index contributed by atoms with van der Waals surface area (Å²) in [4.78, 5) is 19.2. The second kappa shape index (κ2) is 7.92. The fourth-order valence-electron chi connectivity index (χ4n) is 3.33. The number of hydrogen-bond donors (Lipinski definition) is 2. The Labute approximate surface area is 148 Å². The molecule has 0 aromatic heterocycles. The van der Waals surface area contributed by atoms with Crippen LogP contribution in [0.4, 0.5) is 0 Å². The third kappa shape index (κ3) is 3.86. The van der Waals surface area contributed by atoms with Crippen LogP contribution in [0.2, 0.25) is 0 Å². The van der Waals surface area contributed by atoms with Gasteiger partial charge in [0.05, 0.1) is 6.04 Å². The van der Waals surface area contributed by atoms with Crippen LogP contribution in [-0.4, -0.2) is 46.8 Å². The third-order valence-electron chi connectivity index (χ3n) is 4.75. The molecule has 6 heteroatoms. The third-order valence-corrected chi connectivity index (χ3v) is 6.10. The molecule has 3 aliphatic rings. The minimum atomic E-state index is -0.115. The average molecular weight is 347 g/mol. The van der Waals surface area contributed by atoms with Crippen molar-refractivity contribution in [1.82, 2.24) is 10.2 Å². The summed E-state index contributed by atoms with van der Waals surface area (Å²) in [6.45, 7) is 7.07. The molecule has 2 atom stereocenters. The molecule has 24 heavy (non-hydrogen) atoms. The van der Waals surface area contributed by atoms with Gasteiger partial charge in [-0.2, -0.15) is 0 Å². The van der Waals surface area contributed by atoms with E-state index >= 15 is 0 Å². The number of amides is 1. The largest absolute Gasteiger partial charge is 0.404 e. The van der Waals surface area contributed by atoms with E-state index in [1.807, 2.05) is 12.2 Å². The number of rotatable bonds is 4. The summed E-state index contributed by atoms with van der Waals surface area (Å²) in [5, 5.41) is 3.72. The lowest BCUT2D eigenvalue weighted by Gasteiger charge is -2.29. The number of hydrogen-bond acceptors (Lipinski definition) is 5. The maximum atomic E-state index is 12.1. The Morgan fingerprint density at radius 2 is 2.08 bits per heavy atom. The van der Waals surface area contributed by atoms with Crippen LogP contribution in [-0.2, 0) is 4.79 Å². The highest BCUT2D eigenvalue weighted by Gasteiger charge is 2.37. The van der Waals surface area contributed by atoms with Crippen LogP contribution < -0.4 is 11.1 Å². The zero-order valence-electron chi connectivity index (χ0n) is 14.0. The van der Waals surface area contributed by atoms with Crippen molar-refractivity contribution >= 4 is 22.7 Å². The van der Waals surface area contributed by atoms with Crippen molar-refractivity contribution in [2.75, 3.05) is 19.6 Å². The predicted octanol–water partition coefficient (Wildman–Crippen LogP) is 2.18. The summed E-state index contributed by atoms with van der Waals surface area (Å²) in [6, 6.07) is 0.0705. The minimum Gasteiger partial charge on any atom is -0.404 e. The van der Waals surface area contributed by atoms with Crippen molar-refractivity contribution in [3.05, 3.63) is 36.2 Å². The number of nitrogens with one attached hydrogen (secondary N) is 1. The Hall–Kier alpha value is -1.69. The van der Waals surface area contributed by atoms with Gasteiger partial charge in [0.2, 0.25) is 5.91 Å². The van der Waals surface area contributed by atoms with Gasteiger partial charge in [-0.1, -0.05) is 18.3 Å². The number of carbonyl (C=O) groups is 1. The first-order chi connectivity index (χ1) is 11.7. The van der Waals surface area contributed by atoms with E-state index in [-0.39, 0.29) is 17.2 Å². The maximum Gasteiger partial charge on any atom is 0.235 e. The Kier molecular flexibility index (Phi) is 5.66. The molecule has 130 valence electrons. The summed E-state index contributed by atoms with van der Waals surface area (Å²) in [6.07, 6.45) is 11.3. The second-order valence-corrected chi connectivity index (χ2v) is 7.60. The second-order valence-electron chi connectivity index (χ2n) is 6.47. The zero-order chi connectivity index (χ0) is 16.9. The first-order valence-corrected chi connectivity index (χ1v) is 9.63. The molecule has 3 N–H and O–H groups in total. The van der Waals surface area contributed by atoms with Gasteiger partial charge in [0.25, 0.3) is 0 Å². The van der Waals surface area contributed by atoms with Crippen molar-refractivity contribution in [3.63, 3.8) is 0 Å². The molecule has 0 radical (unpaired) electrons. The molecule has 0 aliphatic carbocycles. The number of likely N-dealkylation sites (tertiary alicyclic amines) is 1. The average Bonchev–Trinajstić information content (AvgIpc) is 2.96. The highest BCUT2D eigenvalue weighted by atomic mass is 32.2. The van der Waals surface area contributed by atoms with E-state index < -0.39 is 0 Å². The summed E-state index contributed by atoms with van der Waals surface area (Å²) in [5.41, 5.74) is 7.71. The maximum absolute atomic E-state index is 12.1. The number of fused-ring (bicyclic) bond motifs is 1. The molecular weight excluding hydrogens is 320 g/mol. The van der Waals surface area contributed by atoms with Gasteiger partial charge in [0.15, 0.2) is 0 Å². The van der Waals surface area contributed by atoms with E-state index in [1.54, 1.807) is 6.20 Å². The molecule has 5 nitrogen and oxygen atoms in total. The molecule has 2 saturated heterocycles. The lowest BCUT2D eigenvalue weighted by atomic mass is 10.1. The molecule has 0 aromatic rings. The highest BCUT2D eigenvalue weighted by molar-refractivity contribution is 8.15. The molecule has 0 spiro atoms. The van der Waals surface area contributed by atoms with Crippen molar-refractivity contribution in [3.8, 4) is 0 Å². The number of carbonyl (C=O) groups excluding carboxylic acids is 1. The van der Waals surface area contributed by atoms with Gasteiger partial charge < -0.3 is 16.0 Å². The van der Waals surface area contributed by atoms with Crippen LogP contribution in [0, 0.1) is 0 Å². The summed E-state index contributed by atoms with van der Waals surface area (Å²) >= 11 is 1.53. The molecule has 1 unspecified atom stereocenters. The highest BCUT2D eigenvalue weighted by Crippen LogP contribution is 2.34. The molecular formula is C18H26N4OS. The number of nitrogens with two attached hydrogens (primary N) is 1.